The van der Waals surface area contributed by atoms with Crippen molar-refractivity contribution in [3.8, 4) is 16.9 Å². The number of hydrogen-bond acceptors (Lipinski definition) is 4. The molecule has 128 valence electrons. The van der Waals surface area contributed by atoms with E-state index in [4.69, 9.17) is 4.74 Å². The molecule has 0 atom stereocenters. The SMILES string of the molecule is COc1ccc(C(=O)NCc2cncc(-c3cnn(C)c3)c2)cc1F. The van der Waals surface area contributed by atoms with Gasteiger partial charge in [0, 0.05) is 48.9 Å². The molecule has 0 saturated carbocycles. The fourth-order valence-corrected chi connectivity index (χ4v) is 2.40. The number of nitrogens with one attached hydrogen (secondary N) is 1. The van der Waals surface area contributed by atoms with Crippen molar-refractivity contribution in [3.63, 3.8) is 0 Å². The van der Waals surface area contributed by atoms with Crippen LogP contribution in [0.1, 0.15) is 15.9 Å². The number of rotatable bonds is 5. The summed E-state index contributed by atoms with van der Waals surface area (Å²) in [7, 11) is 3.22. The number of benzene rings is 1. The molecule has 2 heterocycles. The van der Waals surface area contributed by atoms with Crippen LogP contribution in [0.3, 0.4) is 0 Å². The number of pyridine rings is 1. The van der Waals surface area contributed by atoms with Crippen LogP contribution in [0.4, 0.5) is 4.39 Å². The van der Waals surface area contributed by atoms with Gasteiger partial charge >= 0.3 is 0 Å². The molecule has 7 heteroatoms. The summed E-state index contributed by atoms with van der Waals surface area (Å²) in [5.74, 6) is -0.839. The zero-order valence-corrected chi connectivity index (χ0v) is 13.9. The van der Waals surface area contributed by atoms with Gasteiger partial charge in [-0.15, -0.1) is 0 Å². The fraction of sp³-hybridized carbons (Fsp3) is 0.167. The van der Waals surface area contributed by atoms with E-state index in [1.54, 1.807) is 23.3 Å². The summed E-state index contributed by atoms with van der Waals surface area (Å²) in [6, 6.07) is 6.02. The van der Waals surface area contributed by atoms with E-state index in [0.717, 1.165) is 22.8 Å². The molecular formula is C18H17FN4O2. The molecular weight excluding hydrogens is 323 g/mol. The minimum Gasteiger partial charge on any atom is -0.494 e. The summed E-state index contributed by atoms with van der Waals surface area (Å²) in [6.07, 6.45) is 7.05. The van der Waals surface area contributed by atoms with Crippen LogP contribution in [0.2, 0.25) is 0 Å². The third kappa shape index (κ3) is 3.82. The zero-order valence-electron chi connectivity index (χ0n) is 13.9. The predicted octanol–water partition coefficient (Wildman–Crippen LogP) is 2.56. The number of nitrogens with zero attached hydrogens (tertiary/aromatic N) is 3. The van der Waals surface area contributed by atoms with Crippen LogP contribution in [0.25, 0.3) is 11.1 Å². The predicted molar refractivity (Wildman–Crippen MR) is 90.6 cm³/mol. The molecule has 3 rings (SSSR count). The van der Waals surface area contributed by atoms with E-state index in [2.05, 4.69) is 15.4 Å². The molecule has 0 fully saturated rings. The molecule has 2 aromatic heterocycles. The van der Waals surface area contributed by atoms with Gasteiger partial charge in [0.1, 0.15) is 0 Å². The lowest BCUT2D eigenvalue weighted by Gasteiger charge is -2.08. The van der Waals surface area contributed by atoms with Crippen LogP contribution < -0.4 is 10.1 Å². The number of ether oxygens (including phenoxy) is 1. The first-order valence-electron chi connectivity index (χ1n) is 7.61. The van der Waals surface area contributed by atoms with Crippen molar-refractivity contribution in [2.45, 2.75) is 6.54 Å². The van der Waals surface area contributed by atoms with Gasteiger partial charge in [-0.05, 0) is 29.8 Å². The van der Waals surface area contributed by atoms with Gasteiger partial charge in [0.15, 0.2) is 11.6 Å². The molecule has 0 aliphatic heterocycles. The van der Waals surface area contributed by atoms with Gasteiger partial charge in [0.25, 0.3) is 5.91 Å². The van der Waals surface area contributed by atoms with Crippen LogP contribution in [0.15, 0.2) is 49.1 Å². The molecule has 0 bridgehead atoms. The van der Waals surface area contributed by atoms with Crippen LogP contribution in [-0.4, -0.2) is 27.8 Å². The lowest BCUT2D eigenvalue weighted by molar-refractivity contribution is 0.0950. The summed E-state index contributed by atoms with van der Waals surface area (Å²) in [6.45, 7) is 0.285. The smallest absolute Gasteiger partial charge is 0.251 e. The Balaban J connectivity index is 1.69. The highest BCUT2D eigenvalue weighted by atomic mass is 19.1. The van der Waals surface area contributed by atoms with Gasteiger partial charge in [-0.25, -0.2) is 4.39 Å². The fourth-order valence-electron chi connectivity index (χ4n) is 2.40. The second-order valence-corrected chi connectivity index (χ2v) is 5.52. The summed E-state index contributed by atoms with van der Waals surface area (Å²) in [4.78, 5) is 16.4. The van der Waals surface area contributed by atoms with E-state index >= 15 is 0 Å². The summed E-state index contributed by atoms with van der Waals surface area (Å²) >= 11 is 0. The van der Waals surface area contributed by atoms with Crippen molar-refractivity contribution in [1.82, 2.24) is 20.1 Å². The minimum atomic E-state index is -0.574. The van der Waals surface area contributed by atoms with E-state index in [9.17, 15) is 9.18 Å². The van der Waals surface area contributed by atoms with Gasteiger partial charge in [-0.3, -0.25) is 14.5 Å². The maximum absolute atomic E-state index is 13.7. The maximum Gasteiger partial charge on any atom is 0.251 e. The number of aryl methyl sites for hydroxylation is 1. The third-order valence-electron chi connectivity index (χ3n) is 3.70. The highest BCUT2D eigenvalue weighted by Gasteiger charge is 2.10. The number of carbonyl (C=O) groups is 1. The molecule has 1 aromatic carbocycles. The first-order chi connectivity index (χ1) is 12.1. The van der Waals surface area contributed by atoms with Gasteiger partial charge in [-0.2, -0.15) is 5.10 Å². The van der Waals surface area contributed by atoms with Crippen LogP contribution in [-0.2, 0) is 13.6 Å². The Labute approximate surface area is 144 Å². The van der Waals surface area contributed by atoms with Crippen molar-refractivity contribution < 1.29 is 13.9 Å². The average Bonchev–Trinajstić information content (AvgIpc) is 3.06. The second-order valence-electron chi connectivity index (χ2n) is 5.52. The minimum absolute atomic E-state index is 0.102. The Hall–Kier alpha value is -3.22. The Morgan fingerprint density at radius 3 is 2.76 bits per heavy atom. The van der Waals surface area contributed by atoms with Gasteiger partial charge in [0.2, 0.25) is 0 Å². The zero-order chi connectivity index (χ0) is 17.8. The Morgan fingerprint density at radius 1 is 1.24 bits per heavy atom. The third-order valence-corrected chi connectivity index (χ3v) is 3.70. The molecule has 0 radical (unpaired) electrons. The number of carbonyl (C=O) groups excluding carboxylic acids is 1. The molecule has 25 heavy (non-hydrogen) atoms. The lowest BCUT2D eigenvalue weighted by atomic mass is 10.1. The highest BCUT2D eigenvalue weighted by Crippen LogP contribution is 2.19. The van der Waals surface area contributed by atoms with Gasteiger partial charge in [-0.1, -0.05) is 0 Å². The Morgan fingerprint density at radius 2 is 2.08 bits per heavy atom. The van der Waals surface area contributed by atoms with Crippen molar-refractivity contribution in [1.29, 1.82) is 0 Å². The molecule has 0 unspecified atom stereocenters. The summed E-state index contributed by atoms with van der Waals surface area (Å²) in [5, 5.41) is 6.89. The summed E-state index contributed by atoms with van der Waals surface area (Å²) in [5.41, 5.74) is 2.93. The first-order valence-corrected chi connectivity index (χ1v) is 7.61. The van der Waals surface area contributed by atoms with E-state index in [1.165, 1.54) is 19.2 Å². The molecule has 0 aliphatic rings. The van der Waals surface area contributed by atoms with Crippen LogP contribution >= 0.6 is 0 Å². The standard InChI is InChI=1S/C18H17FN4O2/c1-23-11-15(10-22-23)14-5-12(7-20-9-14)8-21-18(24)13-3-4-17(25-2)16(19)6-13/h3-7,9-11H,8H2,1-2H3,(H,21,24). The molecule has 1 amide bonds. The molecule has 0 aliphatic carbocycles. The number of amides is 1. The molecule has 0 spiro atoms. The molecule has 6 nitrogen and oxygen atoms in total. The monoisotopic (exact) mass is 340 g/mol. The van der Waals surface area contributed by atoms with Crippen molar-refractivity contribution in [2.24, 2.45) is 7.05 Å². The quantitative estimate of drug-likeness (QED) is 0.775. The van der Waals surface area contributed by atoms with Crippen molar-refractivity contribution in [3.05, 3.63) is 66.0 Å². The van der Waals surface area contributed by atoms with E-state index < -0.39 is 5.82 Å². The van der Waals surface area contributed by atoms with E-state index in [1.807, 2.05) is 19.3 Å². The Bertz CT molecular complexity index is 908. The number of hydrogen-bond donors (Lipinski definition) is 1. The number of aromatic nitrogens is 3. The van der Waals surface area contributed by atoms with E-state index in [-0.39, 0.29) is 23.8 Å². The molecule has 0 saturated heterocycles. The van der Waals surface area contributed by atoms with Gasteiger partial charge in [0.05, 0.1) is 13.3 Å². The molecule has 1 N–H and O–H groups in total. The lowest BCUT2D eigenvalue weighted by Crippen LogP contribution is -2.23. The average molecular weight is 340 g/mol. The number of halogens is 1. The normalized spacial score (nSPS) is 10.5. The van der Waals surface area contributed by atoms with E-state index in [0.29, 0.717) is 0 Å². The Kier molecular flexibility index (Phi) is 4.74. The second kappa shape index (κ2) is 7.12. The van der Waals surface area contributed by atoms with Crippen molar-refractivity contribution in [2.75, 3.05) is 7.11 Å². The topological polar surface area (TPSA) is 69.0 Å². The first kappa shape index (κ1) is 16.6. The van der Waals surface area contributed by atoms with Gasteiger partial charge < -0.3 is 10.1 Å². The number of methoxy groups -OCH3 is 1. The largest absolute Gasteiger partial charge is 0.494 e. The molecule has 3 aromatic rings. The van der Waals surface area contributed by atoms with Crippen LogP contribution in [0, 0.1) is 5.82 Å². The van der Waals surface area contributed by atoms with Crippen LogP contribution in [0.5, 0.6) is 5.75 Å². The summed E-state index contributed by atoms with van der Waals surface area (Å²) < 4.78 is 20.2. The van der Waals surface area contributed by atoms with Crippen molar-refractivity contribution >= 4 is 5.91 Å². The maximum atomic E-state index is 13.7. The highest BCUT2D eigenvalue weighted by molar-refractivity contribution is 5.94.